The minimum absolute atomic E-state index is 0.352. The zero-order chi connectivity index (χ0) is 17.4. The van der Waals surface area contributed by atoms with Crippen LogP contribution in [0.3, 0.4) is 0 Å². The van der Waals surface area contributed by atoms with Gasteiger partial charge < -0.3 is 9.47 Å². The Hall–Kier alpha value is -2.60. The number of ether oxygens (including phenoxy) is 2. The van der Waals surface area contributed by atoms with Gasteiger partial charge in [-0.25, -0.2) is 9.78 Å². The van der Waals surface area contributed by atoms with Crippen LogP contribution in [0.15, 0.2) is 36.7 Å². The number of aromatic nitrogens is 3. The number of aryl methyl sites for hydroxylation is 1. The van der Waals surface area contributed by atoms with Crippen LogP contribution in [0.4, 0.5) is 0 Å². The molecule has 0 atom stereocenters. The van der Waals surface area contributed by atoms with Crippen molar-refractivity contribution in [1.29, 1.82) is 0 Å². The minimum atomic E-state index is -0.499. The fraction of sp³-hybridized carbons (Fsp3) is 0.278. The second-order valence-electron chi connectivity index (χ2n) is 6.14. The van der Waals surface area contributed by atoms with E-state index < -0.39 is 5.97 Å². The zero-order valence-corrected chi connectivity index (χ0v) is 14.4. The number of hydrogen-bond donors (Lipinski definition) is 0. The van der Waals surface area contributed by atoms with Gasteiger partial charge in [0.2, 0.25) is 0 Å². The number of nitrogens with zero attached hydrogens (tertiary/aromatic N) is 3. The van der Waals surface area contributed by atoms with Crippen molar-refractivity contribution in [2.75, 3.05) is 6.61 Å². The van der Waals surface area contributed by atoms with Gasteiger partial charge in [-0.1, -0.05) is 11.6 Å². The zero-order valence-electron chi connectivity index (χ0n) is 13.6. The SMILES string of the molecule is Cn1ncc2cc(C(=O)Oc3ccc(OCC4CC4)c(Cl)c3)cnc21. The quantitative estimate of drug-likeness (QED) is 0.515. The van der Waals surface area contributed by atoms with Crippen molar-refractivity contribution >= 4 is 28.6 Å². The van der Waals surface area contributed by atoms with E-state index in [2.05, 4.69) is 10.1 Å². The molecule has 1 aliphatic carbocycles. The van der Waals surface area contributed by atoms with Crippen LogP contribution < -0.4 is 9.47 Å². The molecule has 2 aromatic heterocycles. The molecule has 0 unspecified atom stereocenters. The summed E-state index contributed by atoms with van der Waals surface area (Å²) in [4.78, 5) is 16.6. The molecule has 0 radical (unpaired) electrons. The van der Waals surface area contributed by atoms with Gasteiger partial charge in [-0.2, -0.15) is 5.10 Å². The number of hydrogen-bond acceptors (Lipinski definition) is 5. The van der Waals surface area contributed by atoms with Gasteiger partial charge in [0.1, 0.15) is 11.5 Å². The lowest BCUT2D eigenvalue weighted by molar-refractivity contribution is 0.0734. The lowest BCUT2D eigenvalue weighted by Crippen LogP contribution is -2.09. The molecule has 0 aliphatic heterocycles. The molecule has 6 nitrogen and oxygen atoms in total. The Bertz CT molecular complexity index is 950. The van der Waals surface area contributed by atoms with Crippen LogP contribution in [0.2, 0.25) is 5.02 Å². The van der Waals surface area contributed by atoms with E-state index in [0.717, 1.165) is 5.39 Å². The van der Waals surface area contributed by atoms with E-state index in [0.29, 0.717) is 40.3 Å². The number of benzene rings is 1. The topological polar surface area (TPSA) is 66.2 Å². The van der Waals surface area contributed by atoms with Gasteiger partial charge in [-0.05, 0) is 37.0 Å². The largest absolute Gasteiger partial charge is 0.492 e. The summed E-state index contributed by atoms with van der Waals surface area (Å²) in [6.45, 7) is 0.676. The van der Waals surface area contributed by atoms with E-state index in [4.69, 9.17) is 21.1 Å². The van der Waals surface area contributed by atoms with Crippen LogP contribution in [-0.4, -0.2) is 27.3 Å². The Morgan fingerprint density at radius 2 is 2.16 bits per heavy atom. The normalized spacial score (nSPS) is 13.8. The minimum Gasteiger partial charge on any atom is -0.492 e. The monoisotopic (exact) mass is 357 g/mol. The lowest BCUT2D eigenvalue weighted by atomic mass is 10.2. The van der Waals surface area contributed by atoms with Gasteiger partial charge in [0.25, 0.3) is 0 Å². The fourth-order valence-electron chi connectivity index (χ4n) is 2.48. The molecule has 1 aliphatic rings. The summed E-state index contributed by atoms with van der Waals surface area (Å²) in [6.07, 6.45) is 5.55. The van der Waals surface area contributed by atoms with Crippen molar-refractivity contribution in [2.24, 2.45) is 13.0 Å². The molecule has 128 valence electrons. The number of rotatable bonds is 5. The van der Waals surface area contributed by atoms with Crippen molar-refractivity contribution in [2.45, 2.75) is 12.8 Å². The Labute approximate surface area is 149 Å². The first-order valence-corrected chi connectivity index (χ1v) is 8.40. The third-order valence-electron chi connectivity index (χ3n) is 4.09. The van der Waals surface area contributed by atoms with Gasteiger partial charge in [-0.3, -0.25) is 4.68 Å². The maximum absolute atomic E-state index is 12.3. The summed E-state index contributed by atoms with van der Waals surface area (Å²) >= 11 is 6.20. The molecule has 4 rings (SSSR count). The van der Waals surface area contributed by atoms with Crippen molar-refractivity contribution < 1.29 is 14.3 Å². The highest BCUT2D eigenvalue weighted by atomic mass is 35.5. The van der Waals surface area contributed by atoms with E-state index >= 15 is 0 Å². The second kappa shape index (κ2) is 6.37. The molecule has 7 heteroatoms. The summed E-state index contributed by atoms with van der Waals surface area (Å²) in [6, 6.07) is 6.67. The predicted octanol–water partition coefficient (Wildman–Crippen LogP) is 3.63. The van der Waals surface area contributed by atoms with Gasteiger partial charge in [0.05, 0.1) is 23.4 Å². The van der Waals surface area contributed by atoms with Crippen molar-refractivity contribution in [3.8, 4) is 11.5 Å². The molecular weight excluding hydrogens is 342 g/mol. The average Bonchev–Trinajstić information content (AvgIpc) is 3.36. The summed E-state index contributed by atoms with van der Waals surface area (Å²) in [5.41, 5.74) is 1.06. The Kier molecular flexibility index (Phi) is 4.05. The van der Waals surface area contributed by atoms with Crippen molar-refractivity contribution in [3.63, 3.8) is 0 Å². The first kappa shape index (κ1) is 15.9. The molecule has 0 amide bonds. The molecule has 0 bridgehead atoms. The summed E-state index contributed by atoms with van der Waals surface area (Å²) < 4.78 is 12.7. The first-order valence-electron chi connectivity index (χ1n) is 8.02. The van der Waals surface area contributed by atoms with Gasteiger partial charge >= 0.3 is 5.97 Å². The van der Waals surface area contributed by atoms with Crippen LogP contribution >= 0.6 is 11.6 Å². The standard InChI is InChI=1S/C18H16ClN3O3/c1-22-17-12(9-21-22)6-13(8-20-17)18(23)25-14-4-5-16(15(19)7-14)24-10-11-2-3-11/h4-9,11H,2-3,10H2,1H3. The molecule has 3 aromatic rings. The fourth-order valence-corrected chi connectivity index (χ4v) is 2.70. The number of pyridine rings is 1. The first-order chi connectivity index (χ1) is 12.1. The number of halogens is 1. The maximum Gasteiger partial charge on any atom is 0.345 e. The average molecular weight is 358 g/mol. The molecule has 1 saturated carbocycles. The van der Waals surface area contributed by atoms with Crippen LogP contribution in [0.25, 0.3) is 11.0 Å². The number of esters is 1. The highest BCUT2D eigenvalue weighted by Crippen LogP contribution is 2.33. The van der Waals surface area contributed by atoms with Gasteiger partial charge in [0.15, 0.2) is 5.65 Å². The Balaban J connectivity index is 1.47. The summed E-state index contributed by atoms with van der Waals surface area (Å²) in [7, 11) is 1.79. The predicted molar refractivity (Wildman–Crippen MR) is 93.1 cm³/mol. The highest BCUT2D eigenvalue weighted by molar-refractivity contribution is 6.32. The van der Waals surface area contributed by atoms with Crippen molar-refractivity contribution in [3.05, 3.63) is 47.2 Å². The molecular formula is C18H16ClN3O3. The van der Waals surface area contributed by atoms with Crippen LogP contribution in [-0.2, 0) is 7.05 Å². The molecule has 0 spiro atoms. The van der Waals surface area contributed by atoms with Crippen molar-refractivity contribution in [1.82, 2.24) is 14.8 Å². The smallest absolute Gasteiger partial charge is 0.345 e. The van der Waals surface area contributed by atoms with E-state index in [1.807, 2.05) is 0 Å². The maximum atomic E-state index is 12.3. The van der Waals surface area contributed by atoms with Crippen LogP contribution in [0, 0.1) is 5.92 Å². The third kappa shape index (κ3) is 3.44. The Morgan fingerprint density at radius 1 is 1.32 bits per heavy atom. The molecule has 1 aromatic carbocycles. The van der Waals surface area contributed by atoms with Crippen LogP contribution in [0.5, 0.6) is 11.5 Å². The van der Waals surface area contributed by atoms with Gasteiger partial charge in [0, 0.05) is 24.7 Å². The van der Waals surface area contributed by atoms with E-state index in [9.17, 15) is 4.79 Å². The molecule has 1 fully saturated rings. The van der Waals surface area contributed by atoms with E-state index in [1.165, 1.54) is 19.0 Å². The highest BCUT2D eigenvalue weighted by Gasteiger charge is 2.22. The molecule has 0 N–H and O–H groups in total. The lowest BCUT2D eigenvalue weighted by Gasteiger charge is -2.09. The van der Waals surface area contributed by atoms with E-state index in [1.54, 1.807) is 42.2 Å². The molecule has 0 saturated heterocycles. The third-order valence-corrected chi connectivity index (χ3v) is 4.39. The molecule has 25 heavy (non-hydrogen) atoms. The second-order valence-corrected chi connectivity index (χ2v) is 6.55. The number of fused-ring (bicyclic) bond motifs is 1. The summed E-state index contributed by atoms with van der Waals surface area (Å²) in [5.74, 6) is 1.11. The van der Waals surface area contributed by atoms with E-state index in [-0.39, 0.29) is 0 Å². The van der Waals surface area contributed by atoms with Gasteiger partial charge in [-0.15, -0.1) is 0 Å². The number of carbonyl (C=O) groups is 1. The Morgan fingerprint density at radius 3 is 2.92 bits per heavy atom. The molecule has 2 heterocycles. The number of carbonyl (C=O) groups excluding carboxylic acids is 1. The van der Waals surface area contributed by atoms with Crippen LogP contribution in [0.1, 0.15) is 23.2 Å². The summed E-state index contributed by atoms with van der Waals surface area (Å²) in [5, 5.41) is 5.31.